The Balaban J connectivity index is 2.53. The number of aryl methyl sites for hydroxylation is 1. The molecule has 4 heteroatoms. The van der Waals surface area contributed by atoms with Gasteiger partial charge in [-0.25, -0.2) is 8.78 Å². The Morgan fingerprint density at radius 2 is 1.74 bits per heavy atom. The van der Waals surface area contributed by atoms with Gasteiger partial charge in [-0.2, -0.15) is 0 Å². The van der Waals surface area contributed by atoms with E-state index in [1.807, 2.05) is 13.0 Å². The van der Waals surface area contributed by atoms with Crippen LogP contribution in [0.25, 0.3) is 0 Å². The van der Waals surface area contributed by atoms with Gasteiger partial charge in [-0.15, -0.1) is 0 Å². The summed E-state index contributed by atoms with van der Waals surface area (Å²) >= 11 is 0. The number of ether oxygens (including phenoxy) is 1. The Morgan fingerprint density at radius 1 is 1.11 bits per heavy atom. The van der Waals surface area contributed by atoms with Crippen LogP contribution in [0.4, 0.5) is 8.78 Å². The summed E-state index contributed by atoms with van der Waals surface area (Å²) in [6.07, 6.45) is 0. The fourth-order valence-electron chi connectivity index (χ4n) is 2.04. The van der Waals surface area contributed by atoms with E-state index in [9.17, 15) is 8.78 Å². The molecule has 0 heterocycles. The summed E-state index contributed by atoms with van der Waals surface area (Å²) in [5.74, 6) is -0.791. The van der Waals surface area contributed by atoms with E-state index in [4.69, 9.17) is 10.5 Å². The Kier molecular flexibility index (Phi) is 3.81. The molecule has 0 aliphatic carbocycles. The van der Waals surface area contributed by atoms with Crippen molar-refractivity contribution in [1.82, 2.24) is 0 Å². The third-order valence-corrected chi connectivity index (χ3v) is 3.03. The van der Waals surface area contributed by atoms with Gasteiger partial charge in [0, 0.05) is 11.1 Å². The number of methoxy groups -OCH3 is 1. The second-order valence-corrected chi connectivity index (χ2v) is 4.36. The van der Waals surface area contributed by atoms with E-state index in [2.05, 4.69) is 0 Å². The van der Waals surface area contributed by atoms with Crippen molar-refractivity contribution in [2.24, 2.45) is 5.73 Å². The summed E-state index contributed by atoms with van der Waals surface area (Å²) in [7, 11) is 1.50. The lowest BCUT2D eigenvalue weighted by Crippen LogP contribution is -2.16. The molecule has 0 spiro atoms. The number of halogens is 2. The molecule has 0 radical (unpaired) electrons. The molecule has 2 rings (SSSR count). The van der Waals surface area contributed by atoms with Crippen LogP contribution < -0.4 is 10.5 Å². The van der Waals surface area contributed by atoms with Gasteiger partial charge >= 0.3 is 0 Å². The molecular formula is C15H15F2NO. The lowest BCUT2D eigenvalue weighted by Gasteiger charge is -2.17. The quantitative estimate of drug-likeness (QED) is 0.921. The Hall–Kier alpha value is -1.94. The van der Waals surface area contributed by atoms with E-state index in [1.54, 1.807) is 12.1 Å². The van der Waals surface area contributed by atoms with Crippen molar-refractivity contribution in [2.75, 3.05) is 7.11 Å². The van der Waals surface area contributed by atoms with E-state index < -0.39 is 17.7 Å². The maximum absolute atomic E-state index is 13.7. The highest BCUT2D eigenvalue weighted by Crippen LogP contribution is 2.31. The van der Waals surface area contributed by atoms with Crippen molar-refractivity contribution in [3.8, 4) is 5.75 Å². The van der Waals surface area contributed by atoms with E-state index in [-0.39, 0.29) is 5.56 Å². The molecule has 100 valence electrons. The minimum atomic E-state index is -0.906. The van der Waals surface area contributed by atoms with E-state index in [0.29, 0.717) is 11.3 Å². The second kappa shape index (κ2) is 5.36. The second-order valence-electron chi connectivity index (χ2n) is 4.36. The largest absolute Gasteiger partial charge is 0.496 e. The number of nitrogens with two attached hydrogens (primary N) is 1. The van der Waals surface area contributed by atoms with E-state index in [0.717, 1.165) is 5.56 Å². The van der Waals surface area contributed by atoms with Crippen LogP contribution in [-0.2, 0) is 0 Å². The maximum Gasteiger partial charge on any atom is 0.131 e. The lowest BCUT2D eigenvalue weighted by atomic mass is 9.97. The first kappa shape index (κ1) is 13.5. The van der Waals surface area contributed by atoms with Gasteiger partial charge in [0.25, 0.3) is 0 Å². The standard InChI is InChI=1S/C15H15F2NO/c1-9-6-7-10(13(8-9)19-2)15(18)14-11(16)4-3-5-12(14)17/h3-8,15H,18H2,1-2H3. The smallest absolute Gasteiger partial charge is 0.131 e. The number of hydrogen-bond acceptors (Lipinski definition) is 2. The van der Waals surface area contributed by atoms with Gasteiger partial charge < -0.3 is 10.5 Å². The molecule has 1 atom stereocenters. The van der Waals surface area contributed by atoms with Crippen LogP contribution in [0, 0.1) is 18.6 Å². The molecule has 0 fully saturated rings. The van der Waals surface area contributed by atoms with Crippen LogP contribution >= 0.6 is 0 Å². The van der Waals surface area contributed by atoms with Crippen LogP contribution in [0.1, 0.15) is 22.7 Å². The number of hydrogen-bond donors (Lipinski definition) is 1. The number of rotatable bonds is 3. The highest BCUT2D eigenvalue weighted by molar-refractivity contribution is 5.44. The SMILES string of the molecule is COc1cc(C)ccc1C(N)c1c(F)cccc1F. The predicted octanol–water partition coefficient (Wildman–Crippen LogP) is 3.33. The molecule has 19 heavy (non-hydrogen) atoms. The summed E-state index contributed by atoms with van der Waals surface area (Å²) in [4.78, 5) is 0. The first-order chi connectivity index (χ1) is 9.04. The summed E-state index contributed by atoms with van der Waals surface area (Å²) in [5, 5.41) is 0. The van der Waals surface area contributed by atoms with Crippen molar-refractivity contribution in [2.45, 2.75) is 13.0 Å². The van der Waals surface area contributed by atoms with Crippen molar-refractivity contribution in [3.05, 3.63) is 64.7 Å². The topological polar surface area (TPSA) is 35.2 Å². The molecule has 0 saturated heterocycles. The van der Waals surface area contributed by atoms with Gasteiger partial charge in [-0.1, -0.05) is 18.2 Å². The minimum Gasteiger partial charge on any atom is -0.496 e. The maximum atomic E-state index is 13.7. The zero-order valence-electron chi connectivity index (χ0n) is 10.8. The third-order valence-electron chi connectivity index (χ3n) is 3.03. The zero-order chi connectivity index (χ0) is 14.0. The van der Waals surface area contributed by atoms with Gasteiger partial charge in [0.1, 0.15) is 17.4 Å². The molecule has 2 nitrogen and oxygen atoms in total. The fourth-order valence-corrected chi connectivity index (χ4v) is 2.04. The number of benzene rings is 2. The van der Waals surface area contributed by atoms with Gasteiger partial charge in [0.15, 0.2) is 0 Å². The van der Waals surface area contributed by atoms with Crippen LogP contribution in [0.3, 0.4) is 0 Å². The van der Waals surface area contributed by atoms with Gasteiger partial charge in [0.2, 0.25) is 0 Å². The first-order valence-corrected chi connectivity index (χ1v) is 5.88. The molecule has 0 amide bonds. The fraction of sp³-hybridized carbons (Fsp3) is 0.200. The molecule has 2 N–H and O–H groups in total. The summed E-state index contributed by atoms with van der Waals surface area (Å²) in [6.45, 7) is 1.90. The molecular weight excluding hydrogens is 248 g/mol. The molecule has 1 unspecified atom stereocenters. The average Bonchev–Trinajstić information content (AvgIpc) is 2.38. The monoisotopic (exact) mass is 263 g/mol. The molecule has 0 aromatic heterocycles. The van der Waals surface area contributed by atoms with Crippen molar-refractivity contribution in [3.63, 3.8) is 0 Å². The average molecular weight is 263 g/mol. The first-order valence-electron chi connectivity index (χ1n) is 5.88. The molecule has 0 saturated carbocycles. The summed E-state index contributed by atoms with van der Waals surface area (Å²) in [6, 6.07) is 8.14. The van der Waals surface area contributed by atoms with Crippen LogP contribution in [0.2, 0.25) is 0 Å². The predicted molar refractivity (Wildman–Crippen MR) is 70.1 cm³/mol. The molecule has 2 aromatic rings. The molecule has 2 aromatic carbocycles. The third kappa shape index (κ3) is 2.58. The summed E-state index contributed by atoms with van der Waals surface area (Å²) < 4.78 is 32.7. The minimum absolute atomic E-state index is 0.148. The van der Waals surface area contributed by atoms with Gasteiger partial charge in [-0.05, 0) is 30.7 Å². The Bertz CT molecular complexity index is 578. The molecule has 0 bridgehead atoms. The van der Waals surface area contributed by atoms with Crippen molar-refractivity contribution in [1.29, 1.82) is 0 Å². The van der Waals surface area contributed by atoms with E-state index in [1.165, 1.54) is 25.3 Å². The zero-order valence-corrected chi connectivity index (χ0v) is 10.8. The van der Waals surface area contributed by atoms with Crippen LogP contribution in [0.5, 0.6) is 5.75 Å². The summed E-state index contributed by atoms with van der Waals surface area (Å²) in [5.41, 5.74) is 7.38. The Morgan fingerprint density at radius 3 is 2.32 bits per heavy atom. The molecule has 0 aliphatic heterocycles. The highest BCUT2D eigenvalue weighted by atomic mass is 19.1. The molecule has 0 aliphatic rings. The van der Waals surface area contributed by atoms with E-state index >= 15 is 0 Å². The normalized spacial score (nSPS) is 12.3. The lowest BCUT2D eigenvalue weighted by molar-refractivity contribution is 0.406. The van der Waals surface area contributed by atoms with Gasteiger partial charge in [-0.3, -0.25) is 0 Å². The van der Waals surface area contributed by atoms with Crippen LogP contribution in [0.15, 0.2) is 36.4 Å². The van der Waals surface area contributed by atoms with Crippen molar-refractivity contribution >= 4 is 0 Å². The van der Waals surface area contributed by atoms with Gasteiger partial charge in [0.05, 0.1) is 13.2 Å². The Labute approximate surface area is 110 Å². The highest BCUT2D eigenvalue weighted by Gasteiger charge is 2.21. The van der Waals surface area contributed by atoms with Crippen LogP contribution in [-0.4, -0.2) is 7.11 Å². The van der Waals surface area contributed by atoms with Crippen molar-refractivity contribution < 1.29 is 13.5 Å².